The number of nitrogens with one attached hydrogen (secondary N) is 5. The summed E-state index contributed by atoms with van der Waals surface area (Å²) in [5, 5.41) is 12.2. The number of hydrazone groups is 1. The van der Waals surface area contributed by atoms with Gasteiger partial charge in [0, 0.05) is 38.0 Å². The molecule has 0 heterocycles. The first-order chi connectivity index (χ1) is 17.5. The number of carbonyl (C=O) groups is 2. The van der Waals surface area contributed by atoms with E-state index in [0.29, 0.717) is 23.8 Å². The van der Waals surface area contributed by atoms with Crippen LogP contribution in [0.25, 0.3) is 0 Å². The SMILES string of the molecule is C/C(=C\N)C(=O)NN.CCNC(=O)N/C(=C/C(C)=C(\C)CC)NC.CN/N=C(\OC)c1ccc(F)cc1. The molecule has 0 saturated carbocycles. The smallest absolute Gasteiger partial charge is 0.320 e. The first-order valence-electron chi connectivity index (χ1n) is 11.6. The average molecular weight is 523 g/mol. The maximum Gasteiger partial charge on any atom is 0.320 e. The van der Waals surface area contributed by atoms with Crippen molar-refractivity contribution >= 4 is 17.8 Å². The molecule has 0 spiro atoms. The lowest BCUT2D eigenvalue weighted by atomic mass is 10.1. The molecule has 37 heavy (non-hydrogen) atoms. The molecule has 0 aliphatic heterocycles. The number of urea groups is 1. The summed E-state index contributed by atoms with van der Waals surface area (Å²) < 4.78 is 17.5. The summed E-state index contributed by atoms with van der Waals surface area (Å²) in [5.74, 6) is 5.26. The number of allylic oxidation sites excluding steroid dienone is 3. The summed E-state index contributed by atoms with van der Waals surface area (Å²) in [6.45, 7) is 10.3. The summed E-state index contributed by atoms with van der Waals surface area (Å²) in [4.78, 5) is 21.7. The number of benzene rings is 1. The zero-order valence-corrected chi connectivity index (χ0v) is 23.1. The van der Waals surface area contributed by atoms with Crippen molar-refractivity contribution in [1.82, 2.24) is 26.8 Å². The van der Waals surface area contributed by atoms with Crippen molar-refractivity contribution in [2.75, 3.05) is 27.7 Å². The fraction of sp³-hybridized carbons (Fsp3) is 0.400. The molecule has 3 amide bonds. The van der Waals surface area contributed by atoms with E-state index >= 15 is 0 Å². The van der Waals surface area contributed by atoms with Gasteiger partial charge in [-0.05, 0) is 70.0 Å². The third-order valence-electron chi connectivity index (χ3n) is 4.66. The minimum Gasteiger partial charge on any atom is -0.480 e. The van der Waals surface area contributed by atoms with Crippen molar-refractivity contribution in [3.8, 4) is 0 Å². The molecule has 1 aromatic rings. The second-order valence-corrected chi connectivity index (χ2v) is 7.28. The number of nitrogens with two attached hydrogens (primary N) is 2. The Bertz CT molecular complexity index is 942. The van der Waals surface area contributed by atoms with E-state index in [0.717, 1.165) is 12.0 Å². The van der Waals surface area contributed by atoms with Crippen LogP contribution in [0.2, 0.25) is 0 Å². The number of halogens is 1. The summed E-state index contributed by atoms with van der Waals surface area (Å²) in [6.07, 6.45) is 4.15. The molecule has 208 valence electrons. The van der Waals surface area contributed by atoms with Gasteiger partial charge >= 0.3 is 6.03 Å². The Labute approximate surface area is 219 Å². The van der Waals surface area contributed by atoms with Crippen molar-refractivity contribution in [2.24, 2.45) is 16.7 Å². The van der Waals surface area contributed by atoms with E-state index in [-0.39, 0.29) is 17.8 Å². The Hall–Kier alpha value is -4.06. The highest BCUT2D eigenvalue weighted by Gasteiger charge is 2.03. The lowest BCUT2D eigenvalue weighted by Gasteiger charge is -2.10. The zero-order chi connectivity index (χ0) is 28.8. The lowest BCUT2D eigenvalue weighted by molar-refractivity contribution is -0.117. The fourth-order valence-electron chi connectivity index (χ4n) is 2.23. The van der Waals surface area contributed by atoms with Gasteiger partial charge in [-0.1, -0.05) is 12.5 Å². The number of methoxy groups -OCH3 is 1. The van der Waals surface area contributed by atoms with Gasteiger partial charge in [-0.25, -0.2) is 15.0 Å². The van der Waals surface area contributed by atoms with Gasteiger partial charge in [-0.15, -0.1) is 5.10 Å². The van der Waals surface area contributed by atoms with Crippen LogP contribution >= 0.6 is 0 Å². The van der Waals surface area contributed by atoms with Gasteiger partial charge in [0.1, 0.15) is 11.6 Å². The maximum atomic E-state index is 12.5. The van der Waals surface area contributed by atoms with Crippen molar-refractivity contribution < 1.29 is 18.7 Å². The molecule has 9 N–H and O–H groups in total. The molecule has 0 atom stereocenters. The van der Waals surface area contributed by atoms with Crippen LogP contribution in [0.1, 0.15) is 46.6 Å². The van der Waals surface area contributed by atoms with Crippen molar-refractivity contribution in [3.63, 3.8) is 0 Å². The first-order valence-corrected chi connectivity index (χ1v) is 11.6. The monoisotopic (exact) mass is 522 g/mol. The van der Waals surface area contributed by atoms with E-state index in [2.05, 4.69) is 40.3 Å². The van der Waals surface area contributed by atoms with Crippen molar-refractivity contribution in [3.05, 3.63) is 70.5 Å². The number of hydrogen-bond acceptors (Lipinski definition) is 8. The molecule has 0 fully saturated rings. The Balaban J connectivity index is 0. The van der Waals surface area contributed by atoms with Crippen LogP contribution in [-0.4, -0.2) is 45.6 Å². The highest BCUT2D eigenvalue weighted by atomic mass is 19.1. The Morgan fingerprint density at radius 2 is 1.70 bits per heavy atom. The van der Waals surface area contributed by atoms with E-state index in [1.165, 1.54) is 36.6 Å². The van der Waals surface area contributed by atoms with E-state index in [4.69, 9.17) is 16.3 Å². The van der Waals surface area contributed by atoms with Gasteiger partial charge in [0.25, 0.3) is 5.91 Å². The number of amides is 3. The van der Waals surface area contributed by atoms with E-state index in [9.17, 15) is 14.0 Å². The topological polar surface area (TPSA) is 168 Å². The molecule has 0 unspecified atom stereocenters. The van der Waals surface area contributed by atoms with Gasteiger partial charge in [0.05, 0.1) is 7.11 Å². The summed E-state index contributed by atoms with van der Waals surface area (Å²) in [5.41, 5.74) is 13.1. The predicted molar refractivity (Wildman–Crippen MR) is 147 cm³/mol. The molecule has 0 saturated heterocycles. The number of hydrogen-bond donors (Lipinski definition) is 7. The van der Waals surface area contributed by atoms with Crippen LogP contribution < -0.4 is 38.4 Å². The standard InChI is InChI=1S/C12H23N3O.C9H11FN2O.C4H9N3O/c1-6-9(3)10(4)8-11(13-5)15-12(16)14-7-2;1-11-12-9(13-2)7-3-5-8(10)6-4-7;1-3(2-5)4(8)7-6/h8,13H,6-7H2,1-5H3,(H2,14,15,16);3-6,11H,1-2H3;2H,5-6H2,1H3,(H,7,8)/b10-9+,11-8+;12-9-;3-2+. The molecule has 0 aromatic heterocycles. The molecule has 1 aromatic carbocycles. The van der Waals surface area contributed by atoms with E-state index in [1.807, 2.05) is 25.3 Å². The molecule has 0 radical (unpaired) electrons. The average Bonchev–Trinajstić information content (AvgIpc) is 2.91. The molecular weight excluding hydrogens is 479 g/mol. The maximum absolute atomic E-state index is 12.5. The summed E-state index contributed by atoms with van der Waals surface area (Å²) in [7, 11) is 4.97. The second kappa shape index (κ2) is 21.2. The van der Waals surface area contributed by atoms with Crippen LogP contribution in [0.5, 0.6) is 0 Å². The minimum atomic E-state index is -0.354. The predicted octanol–water partition coefficient (Wildman–Crippen LogP) is 2.30. The molecule has 12 heteroatoms. The number of nitrogens with zero attached hydrogens (tertiary/aromatic N) is 1. The minimum absolute atomic E-state index is 0.190. The number of hydrazine groups is 1. The summed E-state index contributed by atoms with van der Waals surface area (Å²) in [6, 6.07) is 5.74. The molecule has 11 nitrogen and oxygen atoms in total. The Kier molecular flexibility index (Phi) is 20.2. The van der Waals surface area contributed by atoms with Gasteiger partial charge in [-0.3, -0.25) is 15.5 Å². The fourth-order valence-corrected chi connectivity index (χ4v) is 2.23. The number of rotatable bonds is 8. The lowest BCUT2D eigenvalue weighted by Crippen LogP contribution is -2.38. The molecular formula is C25H43FN8O3. The third kappa shape index (κ3) is 16.3. The van der Waals surface area contributed by atoms with Gasteiger partial charge in [-0.2, -0.15) is 0 Å². The number of ether oxygens (including phenoxy) is 1. The van der Waals surface area contributed by atoms with Crippen molar-refractivity contribution in [1.29, 1.82) is 0 Å². The molecule has 0 aliphatic rings. The first kappa shape index (κ1) is 35.1. The van der Waals surface area contributed by atoms with Crippen LogP contribution in [0.4, 0.5) is 9.18 Å². The van der Waals surface area contributed by atoms with Crippen molar-refractivity contribution in [2.45, 2.75) is 41.0 Å². The van der Waals surface area contributed by atoms with Crippen LogP contribution in [0, 0.1) is 5.82 Å². The molecule has 0 bridgehead atoms. The van der Waals surface area contributed by atoms with Crippen LogP contribution in [0.15, 0.2) is 64.2 Å². The third-order valence-corrected chi connectivity index (χ3v) is 4.66. The van der Waals surface area contributed by atoms with Gasteiger partial charge < -0.3 is 26.5 Å². The van der Waals surface area contributed by atoms with Crippen LogP contribution in [-0.2, 0) is 9.53 Å². The normalized spacial score (nSPS) is 11.9. The Morgan fingerprint density at radius 3 is 2.08 bits per heavy atom. The zero-order valence-electron chi connectivity index (χ0n) is 23.1. The highest BCUT2D eigenvalue weighted by Crippen LogP contribution is 2.09. The number of carbonyl (C=O) groups excluding carboxylic acids is 2. The molecule has 1 rings (SSSR count). The second-order valence-electron chi connectivity index (χ2n) is 7.28. The van der Waals surface area contributed by atoms with Crippen LogP contribution in [0.3, 0.4) is 0 Å². The quantitative estimate of drug-likeness (QED) is 0.0523. The largest absolute Gasteiger partial charge is 0.480 e. The van der Waals surface area contributed by atoms with E-state index < -0.39 is 0 Å². The van der Waals surface area contributed by atoms with Gasteiger partial charge in [0.2, 0.25) is 5.90 Å². The summed E-state index contributed by atoms with van der Waals surface area (Å²) >= 11 is 0. The van der Waals surface area contributed by atoms with Gasteiger partial charge in [0.15, 0.2) is 0 Å². The molecule has 0 aliphatic carbocycles. The van der Waals surface area contributed by atoms with E-state index in [1.54, 1.807) is 33.2 Å². The highest BCUT2D eigenvalue weighted by molar-refractivity contribution is 5.93. The Morgan fingerprint density at radius 1 is 1.11 bits per heavy atom.